The van der Waals surface area contributed by atoms with Gasteiger partial charge in [-0.3, -0.25) is 9.59 Å². The number of rotatable bonds is 5. The van der Waals surface area contributed by atoms with Crippen LogP contribution in [0.3, 0.4) is 0 Å². The van der Waals surface area contributed by atoms with Gasteiger partial charge >= 0.3 is 0 Å². The number of nitrogens with one attached hydrogen (secondary N) is 1. The summed E-state index contributed by atoms with van der Waals surface area (Å²) < 4.78 is 6.90. The molecule has 0 bridgehead atoms. The predicted octanol–water partition coefficient (Wildman–Crippen LogP) is 0.832. The fourth-order valence-electron chi connectivity index (χ4n) is 3.30. The van der Waals surface area contributed by atoms with E-state index in [1.807, 2.05) is 9.47 Å². The van der Waals surface area contributed by atoms with Crippen LogP contribution >= 0.6 is 0 Å². The molecule has 1 fully saturated rings. The van der Waals surface area contributed by atoms with Gasteiger partial charge in [0.2, 0.25) is 0 Å². The summed E-state index contributed by atoms with van der Waals surface area (Å²) in [6.45, 7) is 3.24. The maximum Gasteiger partial charge on any atom is 0.289 e. The summed E-state index contributed by atoms with van der Waals surface area (Å²) in [6, 6.07) is 0. The lowest BCUT2D eigenvalue weighted by Crippen LogP contribution is -2.31. The van der Waals surface area contributed by atoms with Crippen molar-refractivity contribution in [2.45, 2.75) is 38.6 Å². The molecule has 2 amide bonds. The van der Waals surface area contributed by atoms with Crippen LogP contribution in [-0.2, 0) is 17.7 Å². The predicted molar refractivity (Wildman–Crippen MR) is 84.5 cm³/mol. The Bertz CT molecular complexity index is 590. The Morgan fingerprint density at radius 2 is 1.91 bits per heavy atom. The normalized spacial score (nSPS) is 17.2. The van der Waals surface area contributed by atoms with Gasteiger partial charge in [0.05, 0.1) is 12.3 Å². The van der Waals surface area contributed by atoms with E-state index >= 15 is 0 Å². The van der Waals surface area contributed by atoms with Gasteiger partial charge in [-0.2, -0.15) is 0 Å². The average molecular weight is 320 g/mol. The summed E-state index contributed by atoms with van der Waals surface area (Å²) in [5.74, 6) is 0.174. The van der Waals surface area contributed by atoms with Gasteiger partial charge in [-0.05, 0) is 32.1 Å². The smallest absolute Gasteiger partial charge is 0.289 e. The van der Waals surface area contributed by atoms with E-state index in [0.29, 0.717) is 24.7 Å². The Hall–Kier alpha value is -1.89. The number of imidazole rings is 1. The quantitative estimate of drug-likeness (QED) is 0.815. The van der Waals surface area contributed by atoms with Crippen LogP contribution in [0.5, 0.6) is 0 Å². The molecule has 3 heterocycles. The van der Waals surface area contributed by atoms with Crippen LogP contribution in [0.25, 0.3) is 0 Å². The average Bonchev–Trinajstić information content (AvgIpc) is 3.22. The van der Waals surface area contributed by atoms with Gasteiger partial charge in [0, 0.05) is 33.3 Å². The summed E-state index contributed by atoms with van der Waals surface area (Å²) in [5.41, 5.74) is 1.30. The lowest BCUT2D eigenvalue weighted by molar-refractivity contribution is 0.0774. The molecule has 1 N–H and O–H groups in total. The Labute approximate surface area is 136 Å². The number of hydrogen-bond donors (Lipinski definition) is 1. The molecular weight excluding hydrogens is 296 g/mol. The monoisotopic (exact) mass is 320 g/mol. The van der Waals surface area contributed by atoms with Gasteiger partial charge in [-0.25, -0.2) is 4.98 Å². The highest BCUT2D eigenvalue weighted by Crippen LogP contribution is 2.23. The molecule has 7 nitrogen and oxygen atoms in total. The summed E-state index contributed by atoms with van der Waals surface area (Å²) in [7, 11) is 1.59. The minimum Gasteiger partial charge on any atom is -0.383 e. The molecule has 3 rings (SSSR count). The molecule has 0 spiro atoms. The SMILES string of the molecule is COCCNC(=O)c1nc(C(=O)N2CCCC2)n2c1CCCC2. The standard InChI is InChI=1S/C16H24N4O3/c1-23-11-7-17-15(21)13-12-6-2-3-10-20(12)14(18-13)16(22)19-8-4-5-9-19/h2-11H2,1H3,(H,17,21). The highest BCUT2D eigenvalue weighted by Gasteiger charge is 2.30. The first-order valence-corrected chi connectivity index (χ1v) is 8.38. The van der Waals surface area contributed by atoms with Crippen molar-refractivity contribution < 1.29 is 14.3 Å². The highest BCUT2D eigenvalue weighted by atomic mass is 16.5. The summed E-state index contributed by atoms with van der Waals surface area (Å²) in [6.07, 6.45) is 4.94. The third-order valence-corrected chi connectivity index (χ3v) is 4.51. The first kappa shape index (κ1) is 16.0. The zero-order valence-electron chi connectivity index (χ0n) is 13.6. The maximum atomic E-state index is 12.7. The molecule has 7 heteroatoms. The van der Waals surface area contributed by atoms with Crippen molar-refractivity contribution in [1.29, 1.82) is 0 Å². The van der Waals surface area contributed by atoms with Gasteiger partial charge in [-0.1, -0.05) is 0 Å². The summed E-state index contributed by atoms with van der Waals surface area (Å²) in [4.78, 5) is 31.4. The Morgan fingerprint density at radius 3 is 2.65 bits per heavy atom. The Kier molecular flexibility index (Phi) is 4.95. The van der Waals surface area contributed by atoms with Gasteiger partial charge in [0.1, 0.15) is 5.69 Å². The fraction of sp³-hybridized carbons (Fsp3) is 0.688. The molecule has 0 atom stereocenters. The van der Waals surface area contributed by atoms with Crippen molar-refractivity contribution in [3.05, 3.63) is 17.2 Å². The number of amides is 2. The molecule has 1 aromatic heterocycles. The van der Waals surface area contributed by atoms with Crippen molar-refractivity contribution in [3.8, 4) is 0 Å². The molecular formula is C16H24N4O3. The number of nitrogens with zero attached hydrogens (tertiary/aromatic N) is 3. The lowest BCUT2D eigenvalue weighted by Gasteiger charge is -2.19. The second-order valence-electron chi connectivity index (χ2n) is 6.09. The van der Waals surface area contributed by atoms with E-state index in [2.05, 4.69) is 10.3 Å². The van der Waals surface area contributed by atoms with E-state index in [4.69, 9.17) is 4.74 Å². The molecule has 126 valence electrons. The third-order valence-electron chi connectivity index (χ3n) is 4.51. The minimum atomic E-state index is -0.215. The summed E-state index contributed by atoms with van der Waals surface area (Å²) in [5, 5.41) is 2.81. The Balaban J connectivity index is 1.85. The maximum absolute atomic E-state index is 12.7. The van der Waals surface area contributed by atoms with Crippen molar-refractivity contribution >= 4 is 11.8 Å². The first-order chi connectivity index (χ1) is 11.2. The van der Waals surface area contributed by atoms with E-state index in [0.717, 1.165) is 57.4 Å². The number of ether oxygens (including phenoxy) is 1. The second-order valence-corrected chi connectivity index (χ2v) is 6.09. The number of likely N-dealkylation sites (tertiary alicyclic amines) is 1. The third kappa shape index (κ3) is 3.24. The van der Waals surface area contributed by atoms with E-state index < -0.39 is 0 Å². The van der Waals surface area contributed by atoms with Crippen LogP contribution < -0.4 is 5.32 Å². The van der Waals surface area contributed by atoms with Gasteiger partial charge < -0.3 is 19.5 Å². The van der Waals surface area contributed by atoms with E-state index in [-0.39, 0.29) is 11.8 Å². The van der Waals surface area contributed by atoms with Crippen LogP contribution in [-0.4, -0.2) is 59.6 Å². The van der Waals surface area contributed by atoms with Gasteiger partial charge in [-0.15, -0.1) is 0 Å². The van der Waals surface area contributed by atoms with Crippen LogP contribution in [0.4, 0.5) is 0 Å². The Morgan fingerprint density at radius 1 is 1.17 bits per heavy atom. The van der Waals surface area contributed by atoms with E-state index in [9.17, 15) is 9.59 Å². The zero-order valence-corrected chi connectivity index (χ0v) is 13.6. The molecule has 2 aliphatic heterocycles. The van der Waals surface area contributed by atoms with E-state index in [1.165, 1.54) is 0 Å². The van der Waals surface area contributed by atoms with Gasteiger partial charge in [0.25, 0.3) is 11.8 Å². The van der Waals surface area contributed by atoms with Crippen LogP contribution in [0.2, 0.25) is 0 Å². The van der Waals surface area contributed by atoms with Crippen LogP contribution in [0.15, 0.2) is 0 Å². The molecule has 1 aromatic rings. The highest BCUT2D eigenvalue weighted by molar-refractivity contribution is 5.97. The lowest BCUT2D eigenvalue weighted by atomic mass is 10.1. The van der Waals surface area contributed by atoms with E-state index in [1.54, 1.807) is 7.11 Å². The molecule has 0 unspecified atom stereocenters. The molecule has 1 saturated heterocycles. The first-order valence-electron chi connectivity index (χ1n) is 8.38. The topological polar surface area (TPSA) is 76.5 Å². The van der Waals surface area contributed by atoms with Crippen molar-refractivity contribution in [2.24, 2.45) is 0 Å². The molecule has 2 aliphatic rings. The number of methoxy groups -OCH3 is 1. The summed E-state index contributed by atoms with van der Waals surface area (Å²) >= 11 is 0. The van der Waals surface area contributed by atoms with Crippen molar-refractivity contribution in [2.75, 3.05) is 33.4 Å². The largest absolute Gasteiger partial charge is 0.383 e. The number of hydrogen-bond acceptors (Lipinski definition) is 4. The molecule has 23 heavy (non-hydrogen) atoms. The van der Waals surface area contributed by atoms with Crippen molar-refractivity contribution in [3.63, 3.8) is 0 Å². The zero-order chi connectivity index (χ0) is 16.2. The molecule has 0 aromatic carbocycles. The molecule has 0 saturated carbocycles. The van der Waals surface area contributed by atoms with Crippen molar-refractivity contribution in [1.82, 2.24) is 19.8 Å². The van der Waals surface area contributed by atoms with Crippen LogP contribution in [0, 0.1) is 0 Å². The van der Waals surface area contributed by atoms with Crippen LogP contribution in [0.1, 0.15) is 52.5 Å². The number of carbonyl (C=O) groups excluding carboxylic acids is 2. The number of carbonyl (C=O) groups is 2. The number of aromatic nitrogens is 2. The molecule has 0 aliphatic carbocycles. The molecule has 0 radical (unpaired) electrons. The minimum absolute atomic E-state index is 0.0402. The second kappa shape index (κ2) is 7.12. The van der Waals surface area contributed by atoms with Gasteiger partial charge in [0.15, 0.2) is 5.82 Å². The number of fused-ring (bicyclic) bond motifs is 1. The fourth-order valence-corrected chi connectivity index (χ4v) is 3.30.